The lowest BCUT2D eigenvalue weighted by molar-refractivity contribution is -0.120. The second-order valence-corrected chi connectivity index (χ2v) is 4.67. The van der Waals surface area contributed by atoms with Crippen LogP contribution in [0.5, 0.6) is 0 Å². The predicted molar refractivity (Wildman–Crippen MR) is 64.0 cm³/mol. The minimum atomic E-state index is 0.0754. The SMILES string of the molecule is CCc1ccc(CNC(=O)CCS)s1. The molecule has 0 aromatic carbocycles. The molecule has 0 atom stereocenters. The van der Waals surface area contributed by atoms with Crippen molar-refractivity contribution in [3.63, 3.8) is 0 Å². The van der Waals surface area contributed by atoms with E-state index in [1.165, 1.54) is 9.75 Å². The molecular formula is C10H15NOS2. The van der Waals surface area contributed by atoms with Crippen LogP contribution in [0.4, 0.5) is 0 Å². The zero-order valence-electron chi connectivity index (χ0n) is 8.25. The molecule has 0 aliphatic heterocycles. The smallest absolute Gasteiger partial charge is 0.221 e. The third-order valence-corrected chi connectivity index (χ3v) is 3.32. The molecule has 0 unspecified atom stereocenters. The van der Waals surface area contributed by atoms with E-state index < -0.39 is 0 Å². The van der Waals surface area contributed by atoms with Crippen LogP contribution in [0, 0.1) is 0 Å². The van der Waals surface area contributed by atoms with E-state index in [2.05, 4.69) is 37.0 Å². The highest BCUT2D eigenvalue weighted by Crippen LogP contribution is 2.16. The number of rotatable bonds is 5. The van der Waals surface area contributed by atoms with Crippen LogP contribution >= 0.6 is 24.0 Å². The summed E-state index contributed by atoms with van der Waals surface area (Å²) in [5.74, 6) is 0.683. The van der Waals surface area contributed by atoms with Gasteiger partial charge < -0.3 is 5.32 Å². The molecule has 0 bridgehead atoms. The molecule has 0 aliphatic rings. The highest BCUT2D eigenvalue weighted by Gasteiger charge is 2.01. The van der Waals surface area contributed by atoms with Crippen molar-refractivity contribution in [3.05, 3.63) is 21.9 Å². The van der Waals surface area contributed by atoms with Crippen molar-refractivity contribution in [1.82, 2.24) is 5.32 Å². The molecule has 0 saturated carbocycles. The van der Waals surface area contributed by atoms with Crippen molar-refractivity contribution >= 4 is 29.9 Å². The van der Waals surface area contributed by atoms with Crippen LogP contribution in [-0.2, 0) is 17.8 Å². The van der Waals surface area contributed by atoms with Gasteiger partial charge in [-0.25, -0.2) is 0 Å². The van der Waals surface area contributed by atoms with Gasteiger partial charge in [-0.15, -0.1) is 11.3 Å². The maximum absolute atomic E-state index is 11.1. The molecule has 0 radical (unpaired) electrons. The van der Waals surface area contributed by atoms with Gasteiger partial charge >= 0.3 is 0 Å². The number of hydrogen-bond donors (Lipinski definition) is 2. The van der Waals surface area contributed by atoms with E-state index in [4.69, 9.17) is 0 Å². The Morgan fingerprint density at radius 3 is 2.79 bits per heavy atom. The van der Waals surface area contributed by atoms with Crippen LogP contribution in [0.1, 0.15) is 23.1 Å². The summed E-state index contributed by atoms with van der Waals surface area (Å²) in [5.41, 5.74) is 0. The molecule has 78 valence electrons. The minimum Gasteiger partial charge on any atom is -0.351 e. The second kappa shape index (κ2) is 6.09. The Bertz CT molecular complexity index is 296. The van der Waals surface area contributed by atoms with Crippen LogP contribution < -0.4 is 5.32 Å². The summed E-state index contributed by atoms with van der Waals surface area (Å²) in [5, 5.41) is 2.86. The molecular weight excluding hydrogens is 214 g/mol. The number of aryl methyl sites for hydroxylation is 1. The van der Waals surface area contributed by atoms with E-state index in [0.717, 1.165) is 6.42 Å². The van der Waals surface area contributed by atoms with Crippen LogP contribution in [0.3, 0.4) is 0 Å². The molecule has 1 aromatic heterocycles. The van der Waals surface area contributed by atoms with Gasteiger partial charge in [0.15, 0.2) is 0 Å². The van der Waals surface area contributed by atoms with Gasteiger partial charge in [-0.05, 0) is 24.3 Å². The number of carbonyl (C=O) groups excluding carboxylic acids is 1. The highest BCUT2D eigenvalue weighted by molar-refractivity contribution is 7.80. The summed E-state index contributed by atoms with van der Waals surface area (Å²) in [7, 11) is 0. The molecule has 1 amide bonds. The van der Waals surface area contributed by atoms with Crippen LogP contribution in [0.15, 0.2) is 12.1 Å². The van der Waals surface area contributed by atoms with Crippen molar-refractivity contribution in [3.8, 4) is 0 Å². The van der Waals surface area contributed by atoms with Crippen molar-refractivity contribution in [2.75, 3.05) is 5.75 Å². The minimum absolute atomic E-state index is 0.0754. The zero-order chi connectivity index (χ0) is 10.4. The Hall–Kier alpha value is -0.480. The number of thiol groups is 1. The topological polar surface area (TPSA) is 29.1 Å². The second-order valence-electron chi connectivity index (χ2n) is 2.97. The largest absolute Gasteiger partial charge is 0.351 e. The summed E-state index contributed by atoms with van der Waals surface area (Å²) in [6.45, 7) is 2.78. The number of nitrogens with one attached hydrogen (secondary N) is 1. The molecule has 1 heterocycles. The van der Waals surface area contributed by atoms with E-state index in [-0.39, 0.29) is 5.91 Å². The van der Waals surface area contributed by atoms with Crippen molar-refractivity contribution < 1.29 is 4.79 Å². The highest BCUT2D eigenvalue weighted by atomic mass is 32.1. The Morgan fingerprint density at radius 1 is 1.50 bits per heavy atom. The first-order chi connectivity index (χ1) is 6.76. The van der Waals surface area contributed by atoms with E-state index in [1.807, 2.05) is 0 Å². The van der Waals surface area contributed by atoms with E-state index >= 15 is 0 Å². The Labute approximate surface area is 94.1 Å². The van der Waals surface area contributed by atoms with Crippen LogP contribution in [0.2, 0.25) is 0 Å². The van der Waals surface area contributed by atoms with Crippen LogP contribution in [0.25, 0.3) is 0 Å². The lowest BCUT2D eigenvalue weighted by atomic mass is 10.3. The summed E-state index contributed by atoms with van der Waals surface area (Å²) in [6, 6.07) is 4.19. The molecule has 1 N–H and O–H groups in total. The summed E-state index contributed by atoms with van der Waals surface area (Å²) >= 11 is 5.76. The van der Waals surface area contributed by atoms with Crippen molar-refractivity contribution in [2.45, 2.75) is 26.3 Å². The molecule has 0 spiro atoms. The number of thiophene rings is 1. The number of hydrogen-bond acceptors (Lipinski definition) is 3. The first kappa shape index (κ1) is 11.6. The molecule has 0 aliphatic carbocycles. The normalized spacial score (nSPS) is 10.1. The molecule has 4 heteroatoms. The van der Waals surface area contributed by atoms with Gasteiger partial charge in [0.25, 0.3) is 0 Å². The van der Waals surface area contributed by atoms with Gasteiger partial charge in [-0.2, -0.15) is 12.6 Å². The fourth-order valence-corrected chi connectivity index (χ4v) is 2.18. The predicted octanol–water partition coefficient (Wildman–Crippen LogP) is 2.25. The number of amides is 1. The van der Waals surface area contributed by atoms with Crippen LogP contribution in [-0.4, -0.2) is 11.7 Å². The lowest BCUT2D eigenvalue weighted by Gasteiger charge is -2.00. The third kappa shape index (κ3) is 3.72. The molecule has 0 saturated heterocycles. The monoisotopic (exact) mass is 229 g/mol. The molecule has 14 heavy (non-hydrogen) atoms. The summed E-state index contributed by atoms with van der Waals surface area (Å²) < 4.78 is 0. The quantitative estimate of drug-likeness (QED) is 0.745. The van der Waals surface area contributed by atoms with Gasteiger partial charge in [0.2, 0.25) is 5.91 Å². The molecule has 1 aromatic rings. The van der Waals surface area contributed by atoms with Gasteiger partial charge in [-0.3, -0.25) is 4.79 Å². The van der Waals surface area contributed by atoms with Crippen molar-refractivity contribution in [2.24, 2.45) is 0 Å². The van der Waals surface area contributed by atoms with E-state index in [9.17, 15) is 4.79 Å². The maximum atomic E-state index is 11.1. The van der Waals surface area contributed by atoms with Crippen molar-refractivity contribution in [1.29, 1.82) is 0 Å². The lowest BCUT2D eigenvalue weighted by Crippen LogP contribution is -2.22. The van der Waals surface area contributed by atoms with E-state index in [0.29, 0.717) is 18.7 Å². The first-order valence-electron chi connectivity index (χ1n) is 4.71. The molecule has 0 fully saturated rings. The Morgan fingerprint density at radius 2 is 2.21 bits per heavy atom. The molecule has 1 rings (SSSR count). The van der Waals surface area contributed by atoms with Gasteiger partial charge in [0, 0.05) is 16.2 Å². The van der Waals surface area contributed by atoms with Gasteiger partial charge in [-0.1, -0.05) is 6.92 Å². The van der Waals surface area contributed by atoms with Gasteiger partial charge in [0.1, 0.15) is 0 Å². The zero-order valence-corrected chi connectivity index (χ0v) is 9.96. The van der Waals surface area contributed by atoms with E-state index in [1.54, 1.807) is 11.3 Å². The standard InChI is InChI=1S/C10H15NOS2/c1-2-8-3-4-9(14-8)7-11-10(12)5-6-13/h3-4,13H,2,5-7H2,1H3,(H,11,12). The Balaban J connectivity index is 2.34. The third-order valence-electron chi connectivity index (χ3n) is 1.86. The Kier molecular flexibility index (Phi) is 5.04. The molecule has 2 nitrogen and oxygen atoms in total. The average molecular weight is 229 g/mol. The fraction of sp³-hybridized carbons (Fsp3) is 0.500. The first-order valence-corrected chi connectivity index (χ1v) is 6.16. The summed E-state index contributed by atoms with van der Waals surface area (Å²) in [4.78, 5) is 13.7. The van der Waals surface area contributed by atoms with Gasteiger partial charge in [0.05, 0.1) is 6.54 Å². The maximum Gasteiger partial charge on any atom is 0.221 e. The number of carbonyl (C=O) groups is 1. The average Bonchev–Trinajstić information content (AvgIpc) is 2.63. The fourth-order valence-electron chi connectivity index (χ4n) is 1.08. The summed E-state index contributed by atoms with van der Waals surface area (Å²) in [6.07, 6.45) is 1.56.